The average molecular weight is 294 g/mol. The number of halogens is 1. The van der Waals surface area contributed by atoms with Crippen molar-refractivity contribution in [3.63, 3.8) is 0 Å². The summed E-state index contributed by atoms with van der Waals surface area (Å²) in [6.07, 6.45) is 0. The molecule has 0 aliphatic rings. The molecule has 0 unspecified atom stereocenters. The Labute approximate surface area is 121 Å². The number of fused-ring (bicyclic) bond motifs is 1. The van der Waals surface area contributed by atoms with Gasteiger partial charge in [-0.05, 0) is 26.0 Å². The molecule has 0 fully saturated rings. The summed E-state index contributed by atoms with van der Waals surface area (Å²) in [6.45, 7) is 3.65. The van der Waals surface area contributed by atoms with E-state index < -0.39 is 0 Å². The van der Waals surface area contributed by atoms with Gasteiger partial charge in [0.2, 0.25) is 5.91 Å². The van der Waals surface area contributed by atoms with Gasteiger partial charge >= 0.3 is 0 Å². The van der Waals surface area contributed by atoms with Gasteiger partial charge in [-0.15, -0.1) is 11.6 Å². The molecule has 0 aliphatic carbocycles. The molecule has 1 amide bonds. The third-order valence-corrected chi connectivity index (χ3v) is 3.05. The topological polar surface area (TPSA) is 64.0 Å². The fourth-order valence-corrected chi connectivity index (χ4v) is 2.19. The lowest BCUT2D eigenvalue weighted by Gasteiger charge is -2.13. The van der Waals surface area contributed by atoms with Crippen LogP contribution < -0.4 is 10.9 Å². The second-order valence-corrected chi connectivity index (χ2v) is 5.06. The van der Waals surface area contributed by atoms with Crippen molar-refractivity contribution in [1.82, 2.24) is 14.9 Å². The summed E-state index contributed by atoms with van der Waals surface area (Å²) in [5.41, 5.74) is 0.346. The molecule has 0 saturated carbocycles. The molecule has 0 spiro atoms. The molecular weight excluding hydrogens is 278 g/mol. The molecule has 1 aromatic heterocycles. The molecule has 2 rings (SSSR count). The number of carbonyl (C=O) groups is 1. The summed E-state index contributed by atoms with van der Waals surface area (Å²) >= 11 is 5.84. The predicted molar refractivity (Wildman–Crippen MR) is 78.8 cm³/mol. The molecule has 1 aromatic carbocycles. The Bertz CT molecular complexity index is 694. The van der Waals surface area contributed by atoms with E-state index in [1.807, 2.05) is 19.9 Å². The van der Waals surface area contributed by atoms with Crippen molar-refractivity contribution in [3.8, 4) is 0 Å². The monoisotopic (exact) mass is 293 g/mol. The van der Waals surface area contributed by atoms with Crippen LogP contribution in [0.4, 0.5) is 0 Å². The van der Waals surface area contributed by atoms with Gasteiger partial charge in [0.15, 0.2) is 0 Å². The minimum atomic E-state index is -0.245. The number of hydrogen-bond donors (Lipinski definition) is 1. The highest BCUT2D eigenvalue weighted by Crippen LogP contribution is 2.09. The number of aromatic nitrogens is 2. The van der Waals surface area contributed by atoms with Crippen LogP contribution in [0.25, 0.3) is 10.9 Å². The number of carbonyl (C=O) groups excluding carboxylic acids is 1. The van der Waals surface area contributed by atoms with Crippen LogP contribution in [0.15, 0.2) is 29.1 Å². The van der Waals surface area contributed by atoms with E-state index in [1.165, 1.54) is 4.57 Å². The second-order valence-electron chi connectivity index (χ2n) is 4.79. The van der Waals surface area contributed by atoms with Crippen LogP contribution in [-0.4, -0.2) is 21.5 Å². The van der Waals surface area contributed by atoms with Crippen molar-refractivity contribution in [3.05, 3.63) is 40.4 Å². The quantitative estimate of drug-likeness (QED) is 0.872. The summed E-state index contributed by atoms with van der Waals surface area (Å²) in [7, 11) is 0. The number of nitrogens with one attached hydrogen (secondary N) is 1. The first-order valence-electron chi connectivity index (χ1n) is 6.36. The molecular formula is C14H16ClN3O2. The standard InChI is InChI=1S/C14H16ClN3O2/c1-9(2)16-13(19)8-18-12(7-15)17-11-6-4-3-5-10(11)14(18)20/h3-6,9H,7-8H2,1-2H3,(H,16,19). The van der Waals surface area contributed by atoms with Crippen molar-refractivity contribution in [1.29, 1.82) is 0 Å². The lowest BCUT2D eigenvalue weighted by molar-refractivity contribution is -0.122. The number of benzene rings is 1. The van der Waals surface area contributed by atoms with Gasteiger partial charge < -0.3 is 5.32 Å². The molecule has 0 saturated heterocycles. The zero-order chi connectivity index (χ0) is 14.7. The molecule has 0 atom stereocenters. The molecule has 5 nitrogen and oxygen atoms in total. The maximum atomic E-state index is 12.4. The van der Waals surface area contributed by atoms with Gasteiger partial charge in [0.25, 0.3) is 5.56 Å². The zero-order valence-electron chi connectivity index (χ0n) is 11.4. The van der Waals surface area contributed by atoms with Gasteiger partial charge in [-0.2, -0.15) is 0 Å². The summed E-state index contributed by atoms with van der Waals surface area (Å²) < 4.78 is 1.33. The van der Waals surface area contributed by atoms with Crippen LogP contribution in [0.5, 0.6) is 0 Å². The van der Waals surface area contributed by atoms with E-state index >= 15 is 0 Å². The number of para-hydroxylation sites is 1. The summed E-state index contributed by atoms with van der Waals surface area (Å²) in [4.78, 5) is 28.6. The van der Waals surface area contributed by atoms with Crippen LogP contribution in [0.3, 0.4) is 0 Å². The Kier molecular flexibility index (Phi) is 4.39. The SMILES string of the molecule is CC(C)NC(=O)Cn1c(CCl)nc2ccccc2c1=O. The molecule has 6 heteroatoms. The summed E-state index contributed by atoms with van der Waals surface area (Å²) in [6, 6.07) is 7.05. The normalized spacial score (nSPS) is 11.0. The van der Waals surface area contributed by atoms with Gasteiger partial charge in [-0.1, -0.05) is 12.1 Å². The van der Waals surface area contributed by atoms with Crippen LogP contribution in [0.2, 0.25) is 0 Å². The highest BCUT2D eigenvalue weighted by Gasteiger charge is 2.13. The van der Waals surface area contributed by atoms with Gasteiger partial charge in [-0.3, -0.25) is 14.2 Å². The van der Waals surface area contributed by atoms with E-state index in [2.05, 4.69) is 10.3 Å². The number of hydrogen-bond acceptors (Lipinski definition) is 3. The lowest BCUT2D eigenvalue weighted by Crippen LogP contribution is -2.37. The fraction of sp³-hybridized carbons (Fsp3) is 0.357. The van der Waals surface area contributed by atoms with E-state index in [0.717, 1.165) is 0 Å². The maximum absolute atomic E-state index is 12.4. The van der Waals surface area contributed by atoms with Crippen LogP contribution >= 0.6 is 11.6 Å². The number of nitrogens with zero attached hydrogens (tertiary/aromatic N) is 2. The first-order valence-corrected chi connectivity index (χ1v) is 6.90. The maximum Gasteiger partial charge on any atom is 0.261 e. The Morgan fingerprint density at radius 3 is 2.75 bits per heavy atom. The highest BCUT2D eigenvalue weighted by atomic mass is 35.5. The minimum absolute atomic E-state index is 0.0195. The predicted octanol–water partition coefficient (Wildman–Crippen LogP) is 1.66. The lowest BCUT2D eigenvalue weighted by atomic mass is 10.2. The van der Waals surface area contributed by atoms with Crippen LogP contribution in [-0.2, 0) is 17.2 Å². The van der Waals surface area contributed by atoms with Crippen molar-refractivity contribution in [2.45, 2.75) is 32.3 Å². The number of rotatable bonds is 4. The van der Waals surface area contributed by atoms with Crippen molar-refractivity contribution in [2.24, 2.45) is 0 Å². The highest BCUT2D eigenvalue weighted by molar-refractivity contribution is 6.16. The molecule has 2 aromatic rings. The third kappa shape index (κ3) is 2.99. The molecule has 0 radical (unpaired) electrons. The van der Waals surface area contributed by atoms with Crippen LogP contribution in [0.1, 0.15) is 19.7 Å². The molecule has 0 aliphatic heterocycles. The number of alkyl halides is 1. The smallest absolute Gasteiger partial charge is 0.261 e. The van der Waals surface area contributed by atoms with E-state index in [-0.39, 0.29) is 29.9 Å². The fourth-order valence-electron chi connectivity index (χ4n) is 1.99. The first-order chi connectivity index (χ1) is 9.52. The average Bonchev–Trinajstić information content (AvgIpc) is 2.41. The van der Waals surface area contributed by atoms with E-state index in [1.54, 1.807) is 18.2 Å². The Balaban J connectivity index is 2.48. The molecule has 1 heterocycles. The van der Waals surface area contributed by atoms with E-state index in [0.29, 0.717) is 16.7 Å². The Morgan fingerprint density at radius 2 is 2.10 bits per heavy atom. The minimum Gasteiger partial charge on any atom is -0.352 e. The van der Waals surface area contributed by atoms with Crippen LogP contribution in [0, 0.1) is 0 Å². The zero-order valence-corrected chi connectivity index (χ0v) is 12.1. The van der Waals surface area contributed by atoms with Crippen molar-refractivity contribution < 1.29 is 4.79 Å². The molecule has 20 heavy (non-hydrogen) atoms. The first kappa shape index (κ1) is 14.5. The van der Waals surface area contributed by atoms with Crippen molar-refractivity contribution in [2.75, 3.05) is 0 Å². The molecule has 0 bridgehead atoms. The summed E-state index contributed by atoms with van der Waals surface area (Å²) in [5.74, 6) is 0.245. The number of amides is 1. The largest absolute Gasteiger partial charge is 0.352 e. The van der Waals surface area contributed by atoms with Gasteiger partial charge in [-0.25, -0.2) is 4.98 Å². The van der Waals surface area contributed by atoms with E-state index in [4.69, 9.17) is 11.6 Å². The van der Waals surface area contributed by atoms with E-state index in [9.17, 15) is 9.59 Å². The molecule has 1 N–H and O–H groups in total. The molecule has 106 valence electrons. The summed E-state index contributed by atoms with van der Waals surface area (Å²) in [5, 5.41) is 3.23. The Hall–Kier alpha value is -1.88. The van der Waals surface area contributed by atoms with Gasteiger partial charge in [0.05, 0.1) is 16.8 Å². The van der Waals surface area contributed by atoms with Gasteiger partial charge in [0, 0.05) is 6.04 Å². The van der Waals surface area contributed by atoms with Gasteiger partial charge in [0.1, 0.15) is 12.4 Å². The third-order valence-electron chi connectivity index (χ3n) is 2.81. The Morgan fingerprint density at radius 1 is 1.40 bits per heavy atom. The second kappa shape index (κ2) is 6.05. The van der Waals surface area contributed by atoms with Crippen molar-refractivity contribution >= 4 is 28.4 Å².